The maximum Gasteiger partial charge on any atom is 0.306 e. The zero-order valence-electron chi connectivity index (χ0n) is 43.6. The molecule has 412 valence electrons. The second-order valence-electron chi connectivity index (χ2n) is 18.7. The van der Waals surface area contributed by atoms with Crippen LogP contribution >= 0.6 is 0 Å². The van der Waals surface area contributed by atoms with Crippen molar-refractivity contribution in [3.63, 3.8) is 0 Å². The third-order valence-electron chi connectivity index (χ3n) is 12.3. The molecule has 0 aromatic heterocycles. The molecule has 2 fully saturated rings. The second kappa shape index (κ2) is 43.0. The summed E-state index contributed by atoms with van der Waals surface area (Å²) in [6.07, 6.45) is 36.1. The van der Waals surface area contributed by atoms with Gasteiger partial charge in [-0.1, -0.05) is 150 Å². The van der Waals surface area contributed by atoms with Crippen LogP contribution in [-0.2, 0) is 38.0 Å². The molecule has 2 rings (SSSR count). The number of aliphatic hydroxyl groups is 7. The molecular weight excluding hydrogens is 925 g/mol. The van der Waals surface area contributed by atoms with E-state index < -0.39 is 99.3 Å². The van der Waals surface area contributed by atoms with Gasteiger partial charge >= 0.3 is 11.9 Å². The first-order chi connectivity index (χ1) is 35.0. The Morgan fingerprint density at radius 2 is 0.847 bits per heavy atom. The highest BCUT2D eigenvalue weighted by Crippen LogP contribution is 2.26. The summed E-state index contributed by atoms with van der Waals surface area (Å²) in [5.41, 5.74) is 0. The molecule has 0 amide bonds. The van der Waals surface area contributed by atoms with Gasteiger partial charge in [0.2, 0.25) is 0 Å². The molecule has 0 bridgehead atoms. The van der Waals surface area contributed by atoms with Gasteiger partial charge in [-0.05, 0) is 89.9 Å². The first-order valence-electron chi connectivity index (χ1n) is 27.2. The highest BCUT2D eigenvalue weighted by molar-refractivity contribution is 5.70. The van der Waals surface area contributed by atoms with E-state index >= 15 is 0 Å². The Morgan fingerprint density at radius 1 is 0.444 bits per heavy atom. The molecule has 15 heteroatoms. The third-order valence-corrected chi connectivity index (χ3v) is 12.3. The van der Waals surface area contributed by atoms with E-state index in [9.17, 15) is 45.3 Å². The summed E-state index contributed by atoms with van der Waals surface area (Å²) < 4.78 is 33.5. The molecule has 15 nitrogen and oxygen atoms in total. The molecule has 2 saturated heterocycles. The highest BCUT2D eigenvalue weighted by atomic mass is 16.7. The minimum absolute atomic E-state index is 0.0816. The van der Waals surface area contributed by atoms with Crippen LogP contribution in [-0.4, -0.2) is 142 Å². The molecule has 0 aliphatic carbocycles. The van der Waals surface area contributed by atoms with Crippen LogP contribution in [0.4, 0.5) is 0 Å². The largest absolute Gasteiger partial charge is 0.462 e. The Balaban J connectivity index is 1.83. The van der Waals surface area contributed by atoms with E-state index in [4.69, 9.17) is 28.4 Å². The maximum absolute atomic E-state index is 13.0. The second-order valence-corrected chi connectivity index (χ2v) is 18.7. The van der Waals surface area contributed by atoms with Gasteiger partial charge in [-0.15, -0.1) is 0 Å². The van der Waals surface area contributed by atoms with E-state index in [1.807, 2.05) is 12.2 Å². The van der Waals surface area contributed by atoms with Gasteiger partial charge in [0.15, 0.2) is 18.7 Å². The Kier molecular flexibility index (Phi) is 38.7. The van der Waals surface area contributed by atoms with Crippen LogP contribution in [0.3, 0.4) is 0 Å². The summed E-state index contributed by atoms with van der Waals surface area (Å²) >= 11 is 0. The van der Waals surface area contributed by atoms with Crippen molar-refractivity contribution in [2.24, 2.45) is 0 Å². The normalized spacial score (nSPS) is 25.7. The number of esters is 2. The number of hydrogen-bond donors (Lipinski definition) is 7. The number of unbranched alkanes of at least 4 members (excludes halogenated alkanes) is 13. The van der Waals surface area contributed by atoms with Gasteiger partial charge in [0.25, 0.3) is 0 Å². The fourth-order valence-corrected chi connectivity index (χ4v) is 7.86. The predicted octanol–water partition coefficient (Wildman–Crippen LogP) is 8.38. The number of rotatable bonds is 41. The zero-order chi connectivity index (χ0) is 52.4. The summed E-state index contributed by atoms with van der Waals surface area (Å²) in [5.74, 6) is -1.03. The molecule has 0 spiro atoms. The fourth-order valence-electron chi connectivity index (χ4n) is 7.86. The van der Waals surface area contributed by atoms with Gasteiger partial charge in [0, 0.05) is 12.8 Å². The quantitative estimate of drug-likeness (QED) is 0.0173. The molecule has 0 saturated carbocycles. The number of allylic oxidation sites excluding steroid dienone is 14. The molecule has 4 unspecified atom stereocenters. The summed E-state index contributed by atoms with van der Waals surface area (Å²) in [7, 11) is 0. The smallest absolute Gasteiger partial charge is 0.306 e. The van der Waals surface area contributed by atoms with Crippen molar-refractivity contribution < 1.29 is 73.8 Å². The third kappa shape index (κ3) is 30.1. The van der Waals surface area contributed by atoms with Gasteiger partial charge in [0.1, 0.15) is 55.4 Å². The first kappa shape index (κ1) is 64.8. The minimum atomic E-state index is -1.78. The number of carbonyl (C=O) groups excluding carboxylic acids is 2. The van der Waals surface area contributed by atoms with E-state index in [0.29, 0.717) is 19.3 Å². The molecule has 0 aromatic rings. The Morgan fingerprint density at radius 3 is 1.38 bits per heavy atom. The van der Waals surface area contributed by atoms with Gasteiger partial charge in [-0.25, -0.2) is 0 Å². The highest BCUT2D eigenvalue weighted by Gasteiger charge is 2.47. The van der Waals surface area contributed by atoms with E-state index in [1.165, 1.54) is 57.8 Å². The van der Waals surface area contributed by atoms with Crippen LogP contribution in [0, 0.1) is 0 Å². The lowest BCUT2D eigenvalue weighted by atomic mass is 9.98. The summed E-state index contributed by atoms with van der Waals surface area (Å²) in [6, 6.07) is 0. The Hall–Kier alpha value is -3.32. The lowest BCUT2D eigenvalue weighted by Gasteiger charge is -2.42. The number of aliphatic hydroxyl groups excluding tert-OH is 7. The average Bonchev–Trinajstić information content (AvgIpc) is 3.37. The van der Waals surface area contributed by atoms with Crippen LogP contribution in [0.5, 0.6) is 0 Å². The van der Waals surface area contributed by atoms with Crippen LogP contribution in [0.1, 0.15) is 168 Å². The zero-order valence-corrected chi connectivity index (χ0v) is 43.6. The number of hydrogen-bond acceptors (Lipinski definition) is 15. The molecular formula is C57H94O15. The molecule has 2 aliphatic heterocycles. The summed E-state index contributed by atoms with van der Waals surface area (Å²) in [6.45, 7) is 2.46. The van der Waals surface area contributed by atoms with Crippen molar-refractivity contribution in [3.8, 4) is 0 Å². The first-order valence-corrected chi connectivity index (χ1v) is 27.2. The number of ether oxygens (including phenoxy) is 6. The minimum Gasteiger partial charge on any atom is -0.462 e. The van der Waals surface area contributed by atoms with Gasteiger partial charge in [-0.3, -0.25) is 9.59 Å². The summed E-state index contributed by atoms with van der Waals surface area (Å²) in [5, 5.41) is 72.2. The Labute approximate surface area is 431 Å². The van der Waals surface area contributed by atoms with Crippen LogP contribution in [0.15, 0.2) is 85.1 Å². The molecule has 2 heterocycles. The van der Waals surface area contributed by atoms with Crippen LogP contribution in [0.25, 0.3) is 0 Å². The van der Waals surface area contributed by atoms with Crippen molar-refractivity contribution in [3.05, 3.63) is 85.1 Å². The number of carbonyl (C=O) groups is 2. The van der Waals surface area contributed by atoms with Crippen LogP contribution in [0.2, 0.25) is 0 Å². The molecule has 72 heavy (non-hydrogen) atoms. The van der Waals surface area contributed by atoms with Crippen molar-refractivity contribution in [2.45, 2.75) is 235 Å². The molecule has 7 N–H and O–H groups in total. The lowest BCUT2D eigenvalue weighted by Crippen LogP contribution is -2.61. The molecule has 2 aliphatic rings. The standard InChI is InChI=1S/C57H94O15/c1-3-5-7-9-11-13-15-17-19-21-22-24-25-27-29-31-33-35-37-39-48(59)67-42-45(70-49(60)40-38-36-34-32-30-28-26-23-20-18-16-14-12-10-8-6-4-2)43-68-56-55(66)53(64)51(62)47(72-56)44-69-57-54(65)52(63)50(61)46(41-58)71-57/h11,13,17-20,22,24,26-29,32,34,45-47,50-58,61-66H,3-10,12,14-16,21,23,25,30-31,33,35-44H2,1-2H3/b13-11+,19-17+,20-18+,24-22+,28-26+,29-27+,34-32+/t45-,46+,47+,50-,51-,52?,53?,54?,55?,56+,57+/m0/s1. The van der Waals surface area contributed by atoms with Gasteiger partial charge in [0.05, 0.1) is 19.8 Å². The van der Waals surface area contributed by atoms with Crippen molar-refractivity contribution >= 4 is 11.9 Å². The van der Waals surface area contributed by atoms with E-state index in [0.717, 1.165) is 64.2 Å². The topological polar surface area (TPSA) is 231 Å². The maximum atomic E-state index is 13.0. The van der Waals surface area contributed by atoms with Crippen molar-refractivity contribution in [1.82, 2.24) is 0 Å². The molecule has 11 atom stereocenters. The molecule has 0 aromatic carbocycles. The van der Waals surface area contributed by atoms with Crippen molar-refractivity contribution in [2.75, 3.05) is 26.4 Å². The fraction of sp³-hybridized carbons (Fsp3) is 0.719. The van der Waals surface area contributed by atoms with E-state index in [-0.39, 0.29) is 19.4 Å². The Bertz CT molecular complexity index is 1570. The predicted molar refractivity (Wildman–Crippen MR) is 279 cm³/mol. The lowest BCUT2D eigenvalue weighted by molar-refractivity contribution is -0.332. The monoisotopic (exact) mass is 1020 g/mol. The SMILES string of the molecule is CCCCC/C=C/C/C=C/C/C=C/C/C=C/CCCCCC(=O)OC[C@@H](CO[C@@H]1O[C@H](CO[C@@H]2O[C@H](CO)[C@H](O)C(O)C2O)[C@H](O)C(O)C1O)OC(=O)CCC/C=C/C/C=C/C/C=C/CCCCCCCC. The molecule has 0 radical (unpaired) electrons. The van der Waals surface area contributed by atoms with Gasteiger partial charge < -0.3 is 64.2 Å². The van der Waals surface area contributed by atoms with Gasteiger partial charge in [-0.2, -0.15) is 0 Å². The summed E-state index contributed by atoms with van der Waals surface area (Å²) in [4.78, 5) is 25.8. The van der Waals surface area contributed by atoms with Crippen LogP contribution < -0.4 is 0 Å². The van der Waals surface area contributed by atoms with Crippen molar-refractivity contribution in [1.29, 1.82) is 0 Å². The average molecular weight is 1020 g/mol. The van der Waals surface area contributed by atoms with E-state index in [2.05, 4.69) is 86.8 Å². The van der Waals surface area contributed by atoms with E-state index in [1.54, 1.807) is 0 Å².